The van der Waals surface area contributed by atoms with Gasteiger partial charge in [0.25, 0.3) is 0 Å². The molecule has 2 aromatic heterocycles. The van der Waals surface area contributed by atoms with Crippen LogP contribution < -0.4 is 10.6 Å². The summed E-state index contributed by atoms with van der Waals surface area (Å²) in [5, 5.41) is 7.34. The van der Waals surface area contributed by atoms with Crippen molar-refractivity contribution in [1.82, 2.24) is 5.32 Å². The predicted octanol–water partition coefficient (Wildman–Crippen LogP) is 3.95. The van der Waals surface area contributed by atoms with Gasteiger partial charge in [-0.25, -0.2) is 0 Å². The van der Waals surface area contributed by atoms with Gasteiger partial charge in [0.05, 0.1) is 17.9 Å². The lowest BCUT2D eigenvalue weighted by molar-refractivity contribution is -0.136. The van der Waals surface area contributed by atoms with Crippen LogP contribution in [0, 0.1) is 0 Å². The molecule has 0 radical (unpaired) electrons. The Morgan fingerprint density at radius 3 is 2.65 bits per heavy atom. The van der Waals surface area contributed by atoms with Crippen molar-refractivity contribution < 1.29 is 14.0 Å². The Kier molecular flexibility index (Phi) is 6.14. The lowest BCUT2D eigenvalue weighted by Gasteiger charge is -2.14. The van der Waals surface area contributed by atoms with Crippen molar-refractivity contribution in [3.63, 3.8) is 0 Å². The van der Waals surface area contributed by atoms with Crippen LogP contribution in [0.15, 0.2) is 69.5 Å². The summed E-state index contributed by atoms with van der Waals surface area (Å²) >= 11 is 3.09. The molecule has 0 fully saturated rings. The van der Waals surface area contributed by atoms with Crippen LogP contribution in [0.2, 0.25) is 0 Å². The van der Waals surface area contributed by atoms with E-state index in [1.807, 2.05) is 54.1 Å². The molecule has 0 saturated heterocycles. The summed E-state index contributed by atoms with van der Waals surface area (Å²) in [6.07, 6.45) is 3.52. The van der Waals surface area contributed by atoms with Crippen molar-refractivity contribution in [2.24, 2.45) is 0 Å². The SMILES string of the molecule is CSc1ccccc1NC(=O)C(=O)NCC(c1ccco1)c1cccs1. The van der Waals surface area contributed by atoms with Gasteiger partial charge < -0.3 is 15.1 Å². The zero-order valence-corrected chi connectivity index (χ0v) is 15.7. The Bertz CT molecular complexity index is 827. The molecule has 2 N–H and O–H groups in total. The standard InChI is InChI=1S/C19H18N2O3S2/c1-25-17-8-3-2-6-14(17)21-19(23)18(22)20-12-13(15-7-4-10-24-15)16-9-5-11-26-16/h2-11,13H,12H2,1H3,(H,20,22)(H,21,23). The Morgan fingerprint density at radius 2 is 1.96 bits per heavy atom. The molecule has 1 atom stereocenters. The molecule has 3 aromatic rings. The molecule has 0 aliphatic rings. The summed E-state index contributed by atoms with van der Waals surface area (Å²) in [7, 11) is 0. The Hall–Kier alpha value is -2.51. The van der Waals surface area contributed by atoms with E-state index in [4.69, 9.17) is 4.42 Å². The maximum atomic E-state index is 12.2. The molecule has 2 amide bonds. The third-order valence-corrected chi connectivity index (χ3v) is 5.58. The van der Waals surface area contributed by atoms with Crippen LogP contribution in [0.5, 0.6) is 0 Å². The summed E-state index contributed by atoms with van der Waals surface area (Å²) in [5.41, 5.74) is 0.626. The van der Waals surface area contributed by atoms with Crippen molar-refractivity contribution in [2.45, 2.75) is 10.8 Å². The number of hydrogen-bond donors (Lipinski definition) is 2. The van der Waals surface area contributed by atoms with Gasteiger partial charge in [-0.2, -0.15) is 0 Å². The fraction of sp³-hybridized carbons (Fsp3) is 0.158. The van der Waals surface area contributed by atoms with E-state index in [9.17, 15) is 9.59 Å². The quantitative estimate of drug-likeness (QED) is 0.497. The van der Waals surface area contributed by atoms with Crippen LogP contribution in [-0.2, 0) is 9.59 Å². The minimum Gasteiger partial charge on any atom is -0.469 e. The molecule has 1 unspecified atom stereocenters. The molecule has 0 aliphatic heterocycles. The molecule has 2 heterocycles. The van der Waals surface area contributed by atoms with E-state index in [2.05, 4.69) is 10.6 Å². The summed E-state index contributed by atoms with van der Waals surface area (Å²) in [5.74, 6) is -0.731. The van der Waals surface area contributed by atoms with Crippen molar-refractivity contribution in [3.8, 4) is 0 Å². The predicted molar refractivity (Wildman–Crippen MR) is 105 cm³/mol. The molecular weight excluding hydrogens is 368 g/mol. The minimum atomic E-state index is -0.684. The third kappa shape index (κ3) is 4.36. The van der Waals surface area contributed by atoms with Gasteiger partial charge in [0, 0.05) is 16.3 Å². The number of furan rings is 1. The van der Waals surface area contributed by atoms with Crippen molar-refractivity contribution in [1.29, 1.82) is 0 Å². The van der Waals surface area contributed by atoms with Crippen LogP contribution in [0.1, 0.15) is 16.6 Å². The first-order chi connectivity index (χ1) is 12.7. The van der Waals surface area contributed by atoms with E-state index in [0.717, 1.165) is 15.5 Å². The van der Waals surface area contributed by atoms with E-state index >= 15 is 0 Å². The van der Waals surface area contributed by atoms with Gasteiger partial charge in [0.1, 0.15) is 5.76 Å². The second-order valence-corrected chi connectivity index (χ2v) is 7.28. The average molecular weight is 386 g/mol. The average Bonchev–Trinajstić information content (AvgIpc) is 3.36. The monoisotopic (exact) mass is 386 g/mol. The maximum Gasteiger partial charge on any atom is 0.313 e. The van der Waals surface area contributed by atoms with Gasteiger partial charge in [-0.15, -0.1) is 23.1 Å². The van der Waals surface area contributed by atoms with E-state index in [1.54, 1.807) is 23.7 Å². The number of thioether (sulfide) groups is 1. The van der Waals surface area contributed by atoms with Crippen LogP contribution in [-0.4, -0.2) is 24.6 Å². The highest BCUT2D eigenvalue weighted by Crippen LogP contribution is 2.28. The zero-order valence-electron chi connectivity index (χ0n) is 14.1. The number of amides is 2. The minimum absolute atomic E-state index is 0.125. The summed E-state index contributed by atoms with van der Waals surface area (Å²) < 4.78 is 5.49. The number of thiophene rings is 1. The van der Waals surface area contributed by atoms with Crippen LogP contribution in [0.3, 0.4) is 0 Å². The van der Waals surface area contributed by atoms with Crippen molar-refractivity contribution >= 4 is 40.6 Å². The number of benzene rings is 1. The first kappa shape index (κ1) is 18.3. The Balaban J connectivity index is 1.64. The van der Waals surface area contributed by atoms with Crippen molar-refractivity contribution in [3.05, 3.63) is 70.8 Å². The molecule has 0 bridgehead atoms. The normalized spacial score (nSPS) is 11.7. The molecule has 0 saturated carbocycles. The zero-order chi connectivity index (χ0) is 18.4. The highest BCUT2D eigenvalue weighted by atomic mass is 32.2. The van der Waals surface area contributed by atoms with Gasteiger partial charge in [-0.05, 0) is 42.0 Å². The molecule has 134 valence electrons. The molecule has 26 heavy (non-hydrogen) atoms. The molecular formula is C19H18N2O3S2. The number of carbonyl (C=O) groups excluding carboxylic acids is 2. The van der Waals surface area contributed by atoms with Crippen LogP contribution in [0.25, 0.3) is 0 Å². The van der Waals surface area contributed by atoms with Gasteiger partial charge in [-0.1, -0.05) is 18.2 Å². The van der Waals surface area contributed by atoms with E-state index in [-0.39, 0.29) is 12.5 Å². The topological polar surface area (TPSA) is 71.3 Å². The first-order valence-corrected chi connectivity index (χ1v) is 10.1. The van der Waals surface area contributed by atoms with Crippen molar-refractivity contribution in [2.75, 3.05) is 18.1 Å². The van der Waals surface area contributed by atoms with E-state index in [1.165, 1.54) is 11.8 Å². The number of rotatable bonds is 6. The highest BCUT2D eigenvalue weighted by Gasteiger charge is 2.21. The Labute approximate surface area is 159 Å². The smallest absolute Gasteiger partial charge is 0.313 e. The van der Waals surface area contributed by atoms with Gasteiger partial charge in [-0.3, -0.25) is 9.59 Å². The lowest BCUT2D eigenvalue weighted by Crippen LogP contribution is -2.37. The lowest BCUT2D eigenvalue weighted by atomic mass is 10.0. The third-order valence-electron chi connectivity index (χ3n) is 3.80. The van der Waals surface area contributed by atoms with Gasteiger partial charge in [0.15, 0.2) is 0 Å². The van der Waals surface area contributed by atoms with Gasteiger partial charge >= 0.3 is 11.8 Å². The first-order valence-electron chi connectivity index (χ1n) is 7.98. The number of anilines is 1. The number of para-hydroxylation sites is 1. The summed E-state index contributed by atoms with van der Waals surface area (Å²) in [4.78, 5) is 26.4. The second kappa shape index (κ2) is 8.73. The second-order valence-electron chi connectivity index (χ2n) is 5.45. The number of nitrogens with one attached hydrogen (secondary N) is 2. The van der Waals surface area contributed by atoms with Crippen LogP contribution in [0.4, 0.5) is 5.69 Å². The molecule has 1 aromatic carbocycles. The molecule has 7 heteroatoms. The number of carbonyl (C=O) groups is 2. The maximum absolute atomic E-state index is 12.2. The fourth-order valence-electron chi connectivity index (χ4n) is 2.52. The molecule has 3 rings (SSSR count). The molecule has 0 spiro atoms. The molecule has 0 aliphatic carbocycles. The molecule has 5 nitrogen and oxygen atoms in total. The van der Waals surface area contributed by atoms with E-state index in [0.29, 0.717) is 5.69 Å². The largest absolute Gasteiger partial charge is 0.469 e. The van der Waals surface area contributed by atoms with Gasteiger partial charge in [0.2, 0.25) is 0 Å². The summed E-state index contributed by atoms with van der Waals surface area (Å²) in [6.45, 7) is 0.282. The highest BCUT2D eigenvalue weighted by molar-refractivity contribution is 7.98. The van der Waals surface area contributed by atoms with Crippen LogP contribution >= 0.6 is 23.1 Å². The summed E-state index contributed by atoms with van der Waals surface area (Å²) in [6, 6.07) is 15.0. The van der Waals surface area contributed by atoms with E-state index < -0.39 is 11.8 Å². The fourth-order valence-corrected chi connectivity index (χ4v) is 3.91. The number of hydrogen-bond acceptors (Lipinski definition) is 5. The Morgan fingerprint density at radius 1 is 1.12 bits per heavy atom.